The molecule has 0 saturated carbocycles. The van der Waals surface area contributed by atoms with Crippen LogP contribution in [0.2, 0.25) is 0 Å². The summed E-state index contributed by atoms with van der Waals surface area (Å²) in [5.41, 5.74) is 5.45. The molecular formula is C11H22NO4S+. The van der Waals surface area contributed by atoms with Gasteiger partial charge in [0.05, 0.1) is 18.5 Å². The highest BCUT2D eigenvalue weighted by Gasteiger charge is 2.35. The molecule has 6 heteroatoms. The van der Waals surface area contributed by atoms with Gasteiger partial charge in [0.2, 0.25) is 0 Å². The van der Waals surface area contributed by atoms with Crippen molar-refractivity contribution in [3.63, 3.8) is 0 Å². The van der Waals surface area contributed by atoms with Crippen LogP contribution in [0.15, 0.2) is 0 Å². The third-order valence-corrected chi connectivity index (χ3v) is 4.78. The van der Waals surface area contributed by atoms with Crippen molar-refractivity contribution < 1.29 is 19.7 Å². The van der Waals surface area contributed by atoms with Gasteiger partial charge in [0.1, 0.15) is 23.7 Å². The highest BCUT2D eigenvalue weighted by Crippen LogP contribution is 2.21. The van der Waals surface area contributed by atoms with Gasteiger partial charge in [-0.15, -0.1) is 0 Å². The molecule has 100 valence electrons. The molecule has 0 radical (unpaired) electrons. The van der Waals surface area contributed by atoms with Crippen molar-refractivity contribution in [2.75, 3.05) is 17.8 Å². The fourth-order valence-corrected chi connectivity index (χ4v) is 3.59. The Hall–Kier alpha value is -0.300. The number of aliphatic hydroxyl groups excluding tert-OH is 1. The molecule has 1 fully saturated rings. The number of hydrogen-bond acceptors (Lipinski definition) is 4. The number of carboxylic acids is 1. The van der Waals surface area contributed by atoms with E-state index in [-0.39, 0.29) is 29.2 Å². The molecule has 1 heterocycles. The normalized spacial score (nSPS) is 32.4. The average Bonchev–Trinajstić information content (AvgIpc) is 2.53. The van der Waals surface area contributed by atoms with Crippen LogP contribution in [-0.4, -0.2) is 58.3 Å². The lowest BCUT2D eigenvalue weighted by molar-refractivity contribution is -0.138. The van der Waals surface area contributed by atoms with E-state index in [1.807, 2.05) is 6.92 Å². The molecule has 1 rings (SSSR count). The maximum Gasteiger partial charge on any atom is 0.320 e. The number of ether oxygens (including phenoxy) is 1. The van der Waals surface area contributed by atoms with E-state index in [4.69, 9.17) is 15.6 Å². The molecule has 0 bridgehead atoms. The monoisotopic (exact) mass is 264 g/mol. The van der Waals surface area contributed by atoms with Gasteiger partial charge in [-0.1, -0.05) is 0 Å². The number of carboxylic acid groups (broad SMARTS) is 1. The predicted octanol–water partition coefficient (Wildman–Crippen LogP) is -0.425. The van der Waals surface area contributed by atoms with Crippen LogP contribution in [0, 0.1) is 0 Å². The highest BCUT2D eigenvalue weighted by atomic mass is 32.2. The number of aliphatic carboxylic acids is 1. The second-order valence-electron chi connectivity index (χ2n) is 4.67. The molecule has 1 aliphatic rings. The number of aliphatic hydroxyl groups is 1. The molecule has 0 aliphatic carbocycles. The van der Waals surface area contributed by atoms with E-state index < -0.39 is 12.0 Å². The number of carbonyl (C=O) groups is 1. The minimum absolute atomic E-state index is 0.0391. The van der Waals surface area contributed by atoms with Crippen molar-refractivity contribution in [3.05, 3.63) is 0 Å². The first-order chi connectivity index (χ1) is 7.90. The second-order valence-corrected chi connectivity index (χ2v) is 6.98. The molecule has 0 aromatic carbocycles. The Morgan fingerprint density at radius 3 is 2.76 bits per heavy atom. The van der Waals surface area contributed by atoms with E-state index >= 15 is 0 Å². The maximum atomic E-state index is 10.6. The fraction of sp³-hybridized carbons (Fsp3) is 0.909. The summed E-state index contributed by atoms with van der Waals surface area (Å²) >= 11 is 0. The van der Waals surface area contributed by atoms with Crippen molar-refractivity contribution in [1.29, 1.82) is 0 Å². The number of nitrogens with two attached hydrogens (primary N) is 1. The van der Waals surface area contributed by atoms with Crippen LogP contribution in [0.1, 0.15) is 19.8 Å². The van der Waals surface area contributed by atoms with Crippen molar-refractivity contribution in [2.45, 2.75) is 44.1 Å². The van der Waals surface area contributed by atoms with Gasteiger partial charge in [0.15, 0.2) is 0 Å². The zero-order valence-electron chi connectivity index (χ0n) is 10.3. The summed E-state index contributed by atoms with van der Waals surface area (Å²) in [5.74, 6) is 0.611. The summed E-state index contributed by atoms with van der Waals surface area (Å²) in [6.07, 6.45) is 2.87. The molecule has 4 N–H and O–H groups in total. The zero-order valence-corrected chi connectivity index (χ0v) is 11.2. The summed E-state index contributed by atoms with van der Waals surface area (Å²) in [6.45, 7) is 1.96. The average molecular weight is 264 g/mol. The predicted molar refractivity (Wildman–Crippen MR) is 68.2 cm³/mol. The first-order valence-corrected chi connectivity index (χ1v) is 7.78. The number of rotatable bonds is 6. The smallest absolute Gasteiger partial charge is 0.320 e. The van der Waals surface area contributed by atoms with Gasteiger partial charge in [-0.25, -0.2) is 0 Å². The summed E-state index contributed by atoms with van der Waals surface area (Å²) < 4.78 is 5.61. The lowest BCUT2D eigenvalue weighted by atomic mass is 10.2. The molecule has 5 atom stereocenters. The first-order valence-electron chi connectivity index (χ1n) is 5.81. The molecule has 0 aromatic heterocycles. The molecule has 17 heavy (non-hydrogen) atoms. The van der Waals surface area contributed by atoms with Crippen molar-refractivity contribution >= 4 is 16.9 Å². The Morgan fingerprint density at radius 1 is 1.65 bits per heavy atom. The van der Waals surface area contributed by atoms with Crippen LogP contribution < -0.4 is 5.73 Å². The van der Waals surface area contributed by atoms with Gasteiger partial charge in [-0.05, 0) is 17.8 Å². The third kappa shape index (κ3) is 4.83. The molecule has 3 unspecified atom stereocenters. The highest BCUT2D eigenvalue weighted by molar-refractivity contribution is 7.96. The molecule has 0 spiro atoms. The van der Waals surface area contributed by atoms with E-state index in [1.54, 1.807) is 0 Å². The third-order valence-electron chi connectivity index (χ3n) is 2.95. The summed E-state index contributed by atoms with van der Waals surface area (Å²) in [7, 11) is 0.0391. The SMILES string of the molecule is CC1C[C@H](O)C(C[S+](C)CC[C@@H](N)C(=O)O)O1. The largest absolute Gasteiger partial charge is 0.480 e. The zero-order chi connectivity index (χ0) is 13.0. The topological polar surface area (TPSA) is 92.8 Å². The maximum absolute atomic E-state index is 10.6. The minimum Gasteiger partial charge on any atom is -0.480 e. The molecule has 0 aromatic rings. The van der Waals surface area contributed by atoms with E-state index in [2.05, 4.69) is 6.26 Å². The van der Waals surface area contributed by atoms with Gasteiger partial charge in [0.25, 0.3) is 0 Å². The van der Waals surface area contributed by atoms with Crippen molar-refractivity contribution in [2.24, 2.45) is 5.73 Å². The van der Waals surface area contributed by atoms with Gasteiger partial charge in [-0.3, -0.25) is 4.79 Å². The van der Waals surface area contributed by atoms with Gasteiger partial charge >= 0.3 is 5.97 Å². The van der Waals surface area contributed by atoms with E-state index in [0.29, 0.717) is 12.8 Å². The standard InChI is InChI=1S/C11H21NO4S/c1-7-5-9(13)10(16-7)6-17(2)4-3-8(12)11(14)15/h7-10,13H,3-6,12H2,1-2H3/p+1/t7?,8-,9+,10?,17?/m1/s1. The number of hydrogen-bond donors (Lipinski definition) is 3. The van der Waals surface area contributed by atoms with Crippen LogP contribution in [0.3, 0.4) is 0 Å². The van der Waals surface area contributed by atoms with Crippen LogP contribution >= 0.6 is 0 Å². The van der Waals surface area contributed by atoms with Gasteiger partial charge < -0.3 is 20.7 Å². The van der Waals surface area contributed by atoms with Crippen LogP contribution in [-0.2, 0) is 20.4 Å². The van der Waals surface area contributed by atoms with Crippen LogP contribution in [0.5, 0.6) is 0 Å². The quantitative estimate of drug-likeness (QED) is 0.566. The lowest BCUT2D eigenvalue weighted by Crippen LogP contribution is -2.35. The Morgan fingerprint density at radius 2 is 2.29 bits per heavy atom. The summed E-state index contributed by atoms with van der Waals surface area (Å²) in [6, 6.07) is -0.779. The molecule has 1 aliphatic heterocycles. The molecule has 5 nitrogen and oxygen atoms in total. The van der Waals surface area contributed by atoms with Crippen molar-refractivity contribution in [1.82, 2.24) is 0 Å². The first kappa shape index (κ1) is 14.8. The van der Waals surface area contributed by atoms with E-state index in [1.165, 1.54) is 0 Å². The second kappa shape index (κ2) is 6.58. The molecule has 1 saturated heterocycles. The van der Waals surface area contributed by atoms with E-state index in [0.717, 1.165) is 11.5 Å². The molecular weight excluding hydrogens is 242 g/mol. The minimum atomic E-state index is -0.951. The van der Waals surface area contributed by atoms with Gasteiger partial charge in [0, 0.05) is 12.8 Å². The fourth-order valence-electron chi connectivity index (χ4n) is 1.90. The summed E-state index contributed by atoms with van der Waals surface area (Å²) in [5, 5.41) is 18.4. The summed E-state index contributed by atoms with van der Waals surface area (Å²) in [4.78, 5) is 10.6. The van der Waals surface area contributed by atoms with E-state index in [9.17, 15) is 9.90 Å². The van der Waals surface area contributed by atoms with Crippen LogP contribution in [0.25, 0.3) is 0 Å². The Bertz CT molecular complexity index is 264. The lowest BCUT2D eigenvalue weighted by Gasteiger charge is -2.14. The van der Waals surface area contributed by atoms with Crippen LogP contribution in [0.4, 0.5) is 0 Å². The molecule has 0 amide bonds. The Kier molecular flexibility index (Phi) is 5.72. The Labute approximate surface area is 105 Å². The van der Waals surface area contributed by atoms with Crippen molar-refractivity contribution in [3.8, 4) is 0 Å². The Balaban J connectivity index is 2.25. The van der Waals surface area contributed by atoms with Gasteiger partial charge in [-0.2, -0.15) is 0 Å².